The van der Waals surface area contributed by atoms with Gasteiger partial charge in [-0.1, -0.05) is 11.8 Å². The number of thiazole rings is 1. The minimum absolute atomic E-state index is 0.102. The van der Waals surface area contributed by atoms with Gasteiger partial charge in [-0.3, -0.25) is 19.8 Å². The highest BCUT2D eigenvalue weighted by Crippen LogP contribution is 2.37. The summed E-state index contributed by atoms with van der Waals surface area (Å²) in [6.45, 7) is 1.60. The van der Waals surface area contributed by atoms with Crippen molar-refractivity contribution in [2.24, 2.45) is 0 Å². The van der Waals surface area contributed by atoms with Crippen molar-refractivity contribution in [2.45, 2.75) is 28.8 Å². The standard InChI is InChI=1S/C18H19F3N4O3S2/c1-12-10-29-17(22-12)30-15-4-3-13(9-14(15)25(27)28)16(26)24-6-2-5-23(7-8-24)11-18(19,20)21/h3-4,9-10H,2,5-8,11H2,1H3. The number of alkyl halides is 3. The first kappa shape index (κ1) is 22.5. The number of hydrogen-bond acceptors (Lipinski definition) is 7. The van der Waals surface area contributed by atoms with E-state index in [0.717, 1.165) is 17.5 Å². The zero-order chi connectivity index (χ0) is 21.9. The second kappa shape index (κ2) is 9.31. The van der Waals surface area contributed by atoms with E-state index in [0.29, 0.717) is 22.2 Å². The summed E-state index contributed by atoms with van der Waals surface area (Å²) in [4.78, 5) is 31.2. The molecule has 1 aliphatic rings. The number of nitro groups is 1. The number of carbonyl (C=O) groups is 1. The molecule has 1 aromatic carbocycles. The summed E-state index contributed by atoms with van der Waals surface area (Å²) in [5.41, 5.74) is 0.760. The largest absolute Gasteiger partial charge is 0.401 e. The van der Waals surface area contributed by atoms with E-state index in [2.05, 4.69) is 4.98 Å². The lowest BCUT2D eigenvalue weighted by molar-refractivity contribution is -0.387. The van der Waals surface area contributed by atoms with Gasteiger partial charge in [-0.2, -0.15) is 13.2 Å². The number of carbonyl (C=O) groups excluding carboxylic acids is 1. The zero-order valence-corrected chi connectivity index (χ0v) is 17.6. The van der Waals surface area contributed by atoms with Crippen LogP contribution in [-0.4, -0.2) is 64.5 Å². The van der Waals surface area contributed by atoms with Gasteiger partial charge in [0.25, 0.3) is 11.6 Å². The van der Waals surface area contributed by atoms with Crippen molar-refractivity contribution in [3.63, 3.8) is 0 Å². The summed E-state index contributed by atoms with van der Waals surface area (Å²) in [6.07, 6.45) is -3.88. The van der Waals surface area contributed by atoms with E-state index >= 15 is 0 Å². The summed E-state index contributed by atoms with van der Waals surface area (Å²) < 4.78 is 38.5. The molecule has 3 rings (SSSR count). The lowest BCUT2D eigenvalue weighted by Crippen LogP contribution is -2.38. The Kier molecular flexibility index (Phi) is 6.98. The van der Waals surface area contributed by atoms with Gasteiger partial charge in [0.05, 0.1) is 16.4 Å². The molecule has 1 saturated heterocycles. The van der Waals surface area contributed by atoms with Crippen LogP contribution in [0.1, 0.15) is 22.5 Å². The molecule has 12 heteroatoms. The van der Waals surface area contributed by atoms with E-state index < -0.39 is 23.6 Å². The summed E-state index contributed by atoms with van der Waals surface area (Å²) in [5.74, 6) is -0.423. The molecule has 0 spiro atoms. The minimum atomic E-state index is -4.29. The zero-order valence-electron chi connectivity index (χ0n) is 16.0. The molecule has 1 aromatic heterocycles. The molecule has 0 bridgehead atoms. The molecule has 2 aromatic rings. The third kappa shape index (κ3) is 5.92. The first-order valence-corrected chi connectivity index (χ1v) is 10.8. The number of halogens is 3. The number of amides is 1. The van der Waals surface area contributed by atoms with Gasteiger partial charge in [0.15, 0.2) is 4.34 Å². The summed E-state index contributed by atoms with van der Waals surface area (Å²) in [6, 6.07) is 4.25. The average molecular weight is 461 g/mol. The fourth-order valence-corrected chi connectivity index (χ4v) is 5.00. The number of nitro benzene ring substituents is 1. The Morgan fingerprint density at radius 2 is 2.07 bits per heavy atom. The number of aryl methyl sites for hydroxylation is 1. The van der Waals surface area contributed by atoms with Crippen LogP contribution in [0.5, 0.6) is 0 Å². The molecule has 2 heterocycles. The predicted octanol–water partition coefficient (Wildman–Crippen LogP) is 4.22. The molecular formula is C18H19F3N4O3S2. The second-order valence-electron chi connectivity index (χ2n) is 6.83. The first-order valence-electron chi connectivity index (χ1n) is 9.09. The van der Waals surface area contributed by atoms with Crippen LogP contribution >= 0.6 is 23.1 Å². The van der Waals surface area contributed by atoms with Gasteiger partial charge in [-0.05, 0) is 25.5 Å². The maximum atomic E-state index is 12.8. The molecule has 0 N–H and O–H groups in total. The highest BCUT2D eigenvalue weighted by atomic mass is 32.2. The average Bonchev–Trinajstić information content (AvgIpc) is 2.93. The lowest BCUT2D eigenvalue weighted by atomic mass is 10.1. The molecule has 30 heavy (non-hydrogen) atoms. The first-order chi connectivity index (χ1) is 14.1. The molecule has 1 amide bonds. The van der Waals surface area contributed by atoms with Crippen LogP contribution in [0.15, 0.2) is 32.8 Å². The highest BCUT2D eigenvalue weighted by Gasteiger charge is 2.32. The highest BCUT2D eigenvalue weighted by molar-refractivity contribution is 8.01. The molecular weight excluding hydrogens is 441 g/mol. The van der Waals surface area contributed by atoms with Crippen LogP contribution in [-0.2, 0) is 0 Å². The van der Waals surface area contributed by atoms with Gasteiger partial charge in [0.1, 0.15) is 0 Å². The quantitative estimate of drug-likeness (QED) is 0.491. The Bertz CT molecular complexity index is 936. The topological polar surface area (TPSA) is 79.6 Å². The second-order valence-corrected chi connectivity index (χ2v) is 8.98. The van der Waals surface area contributed by atoms with E-state index in [1.54, 1.807) is 0 Å². The van der Waals surface area contributed by atoms with Crippen LogP contribution in [0.3, 0.4) is 0 Å². The summed E-state index contributed by atoms with van der Waals surface area (Å²) in [5, 5.41) is 13.4. The fourth-order valence-electron chi connectivity index (χ4n) is 3.12. The van der Waals surface area contributed by atoms with Gasteiger partial charge in [-0.15, -0.1) is 11.3 Å². The van der Waals surface area contributed by atoms with E-state index in [1.807, 2.05) is 12.3 Å². The Morgan fingerprint density at radius 3 is 2.70 bits per heavy atom. The van der Waals surface area contributed by atoms with Crippen molar-refractivity contribution < 1.29 is 22.9 Å². The third-order valence-electron chi connectivity index (χ3n) is 4.48. The fraction of sp³-hybridized carbons (Fsp3) is 0.444. The number of hydrogen-bond donors (Lipinski definition) is 0. The van der Waals surface area contributed by atoms with Crippen LogP contribution < -0.4 is 0 Å². The van der Waals surface area contributed by atoms with Crippen molar-refractivity contribution in [1.82, 2.24) is 14.8 Å². The summed E-state index contributed by atoms with van der Waals surface area (Å²) >= 11 is 2.53. The maximum Gasteiger partial charge on any atom is 0.401 e. The smallest absolute Gasteiger partial charge is 0.337 e. The van der Waals surface area contributed by atoms with Gasteiger partial charge in [0.2, 0.25) is 0 Å². The number of rotatable bonds is 5. The number of benzene rings is 1. The lowest BCUT2D eigenvalue weighted by Gasteiger charge is -2.22. The molecule has 0 unspecified atom stereocenters. The SMILES string of the molecule is Cc1csc(Sc2ccc(C(=O)N3CCCN(CC(F)(F)F)CC3)cc2[N+](=O)[O-])n1. The Balaban J connectivity index is 1.74. The third-order valence-corrected chi connectivity index (χ3v) is 6.60. The van der Waals surface area contributed by atoms with Gasteiger partial charge in [-0.25, -0.2) is 4.98 Å². The molecule has 162 valence electrons. The van der Waals surface area contributed by atoms with Crippen molar-refractivity contribution >= 4 is 34.7 Å². The van der Waals surface area contributed by atoms with Crippen molar-refractivity contribution in [2.75, 3.05) is 32.7 Å². The molecule has 1 aliphatic heterocycles. The van der Waals surface area contributed by atoms with Crippen LogP contribution in [0.25, 0.3) is 0 Å². The van der Waals surface area contributed by atoms with E-state index in [4.69, 9.17) is 0 Å². The Labute approximate surface area is 179 Å². The maximum absolute atomic E-state index is 12.8. The predicted molar refractivity (Wildman–Crippen MR) is 107 cm³/mol. The van der Waals surface area contributed by atoms with E-state index in [1.165, 1.54) is 39.3 Å². The molecule has 0 atom stereocenters. The number of nitrogens with zero attached hydrogens (tertiary/aromatic N) is 4. The monoisotopic (exact) mass is 460 g/mol. The summed E-state index contributed by atoms with van der Waals surface area (Å²) in [7, 11) is 0. The van der Waals surface area contributed by atoms with Crippen molar-refractivity contribution in [3.8, 4) is 0 Å². The number of aromatic nitrogens is 1. The molecule has 0 saturated carbocycles. The van der Waals surface area contributed by atoms with Gasteiger partial charge < -0.3 is 4.90 Å². The van der Waals surface area contributed by atoms with E-state index in [9.17, 15) is 28.1 Å². The van der Waals surface area contributed by atoms with Crippen LogP contribution in [0, 0.1) is 17.0 Å². The van der Waals surface area contributed by atoms with Crippen LogP contribution in [0.2, 0.25) is 0 Å². The van der Waals surface area contributed by atoms with Gasteiger partial charge >= 0.3 is 6.18 Å². The Hall–Kier alpha value is -2.18. The molecule has 1 fully saturated rings. The van der Waals surface area contributed by atoms with Gasteiger partial charge in [0, 0.05) is 48.9 Å². The molecule has 7 nitrogen and oxygen atoms in total. The molecule has 0 aliphatic carbocycles. The van der Waals surface area contributed by atoms with Crippen molar-refractivity contribution in [3.05, 3.63) is 45.0 Å². The molecule has 0 radical (unpaired) electrons. The van der Waals surface area contributed by atoms with Crippen LogP contribution in [0.4, 0.5) is 18.9 Å². The Morgan fingerprint density at radius 1 is 1.30 bits per heavy atom. The van der Waals surface area contributed by atoms with Crippen molar-refractivity contribution in [1.29, 1.82) is 0 Å². The minimum Gasteiger partial charge on any atom is -0.337 e. The normalized spacial score (nSPS) is 15.8. The van der Waals surface area contributed by atoms with E-state index in [-0.39, 0.29) is 30.9 Å².